The molecule has 0 atom stereocenters. The lowest BCUT2D eigenvalue weighted by molar-refractivity contribution is -0.0512. The van der Waals surface area contributed by atoms with Gasteiger partial charge in [0.2, 0.25) is 15.8 Å². The largest absolute Gasteiger partial charge is 0.493 e. The van der Waals surface area contributed by atoms with Gasteiger partial charge in [0.15, 0.2) is 18.1 Å². The predicted octanol–water partition coefficient (Wildman–Crippen LogP) is 3.24. The lowest BCUT2D eigenvalue weighted by Crippen LogP contribution is -2.25. The minimum atomic E-state index is -3.38. The van der Waals surface area contributed by atoms with Gasteiger partial charge < -0.3 is 18.7 Å². The number of hydrogen-bond donors (Lipinski definition) is 0. The average molecular weight is 495 g/mol. The molecule has 2 heterocycles. The number of benzene rings is 2. The van der Waals surface area contributed by atoms with Gasteiger partial charge in [-0.25, -0.2) is 13.2 Å². The number of methoxy groups -OCH3 is 1. The molecule has 0 saturated carbocycles. The van der Waals surface area contributed by atoms with E-state index in [0.29, 0.717) is 24.2 Å². The molecule has 180 valence electrons. The van der Waals surface area contributed by atoms with Gasteiger partial charge in [-0.3, -0.25) is 4.31 Å². The smallest absolute Gasteiger partial charge is 0.387 e. The highest BCUT2D eigenvalue weighted by Gasteiger charge is 2.29. The summed E-state index contributed by atoms with van der Waals surface area (Å²) in [5.74, 6) is -0.621. The van der Waals surface area contributed by atoms with Crippen LogP contribution in [0.1, 0.15) is 22.7 Å². The number of hydrogen-bond acceptors (Lipinski definition) is 9. The van der Waals surface area contributed by atoms with Crippen LogP contribution < -0.4 is 13.8 Å². The minimum absolute atomic E-state index is 0.00602. The molecule has 1 aliphatic heterocycles. The zero-order chi connectivity index (χ0) is 24.3. The topological polar surface area (TPSA) is 121 Å². The van der Waals surface area contributed by atoms with Crippen LogP contribution in [0.5, 0.6) is 11.5 Å². The zero-order valence-electron chi connectivity index (χ0n) is 17.8. The Morgan fingerprint density at radius 1 is 1.21 bits per heavy atom. The van der Waals surface area contributed by atoms with Crippen molar-refractivity contribution in [2.75, 3.05) is 23.7 Å². The fourth-order valence-corrected chi connectivity index (χ4v) is 4.92. The molecule has 3 aromatic rings. The molecule has 1 fully saturated rings. The van der Waals surface area contributed by atoms with E-state index in [1.54, 1.807) is 12.1 Å². The lowest BCUT2D eigenvalue weighted by atomic mass is 10.2. The molecule has 0 radical (unpaired) electrons. The molecule has 4 rings (SSSR count). The number of halogens is 2. The van der Waals surface area contributed by atoms with Gasteiger partial charge in [-0.1, -0.05) is 11.2 Å². The fraction of sp³-hybridized carbons (Fsp3) is 0.286. The van der Waals surface area contributed by atoms with Gasteiger partial charge in [-0.15, -0.1) is 0 Å². The Morgan fingerprint density at radius 3 is 2.74 bits per heavy atom. The van der Waals surface area contributed by atoms with Crippen molar-refractivity contribution in [3.05, 3.63) is 53.9 Å². The number of carbonyl (C=O) groups excluding carboxylic acids is 1. The van der Waals surface area contributed by atoms with Gasteiger partial charge >= 0.3 is 12.6 Å². The van der Waals surface area contributed by atoms with Gasteiger partial charge in [-0.05, 0) is 42.8 Å². The molecule has 0 N–H and O–H groups in total. The fourth-order valence-electron chi connectivity index (χ4n) is 3.36. The number of sulfonamides is 1. The number of rotatable bonds is 8. The van der Waals surface area contributed by atoms with E-state index in [-0.39, 0.29) is 41.1 Å². The first-order chi connectivity index (χ1) is 16.3. The Labute approximate surface area is 193 Å². The Balaban J connectivity index is 1.43. The first kappa shape index (κ1) is 23.4. The zero-order valence-corrected chi connectivity index (χ0v) is 18.6. The van der Waals surface area contributed by atoms with Crippen molar-refractivity contribution >= 4 is 21.7 Å². The molecule has 0 amide bonds. The van der Waals surface area contributed by atoms with Gasteiger partial charge in [0.25, 0.3) is 5.89 Å². The van der Waals surface area contributed by atoms with Crippen LogP contribution in [-0.4, -0.2) is 50.5 Å². The summed E-state index contributed by atoms with van der Waals surface area (Å²) < 4.78 is 70.2. The third-order valence-corrected chi connectivity index (χ3v) is 6.77. The van der Waals surface area contributed by atoms with E-state index in [0.717, 1.165) is 0 Å². The van der Waals surface area contributed by atoms with Crippen molar-refractivity contribution in [2.24, 2.45) is 0 Å². The molecular formula is C21H19F2N3O7S. The maximum Gasteiger partial charge on any atom is 0.387 e. The molecule has 2 aromatic carbocycles. The Morgan fingerprint density at radius 2 is 2.03 bits per heavy atom. The van der Waals surface area contributed by atoms with E-state index in [2.05, 4.69) is 14.9 Å². The highest BCUT2D eigenvalue weighted by atomic mass is 32.2. The summed E-state index contributed by atoms with van der Waals surface area (Å²) >= 11 is 0. The van der Waals surface area contributed by atoms with Crippen LogP contribution in [0.3, 0.4) is 0 Å². The molecule has 34 heavy (non-hydrogen) atoms. The van der Waals surface area contributed by atoms with Gasteiger partial charge in [-0.2, -0.15) is 13.8 Å². The van der Waals surface area contributed by atoms with E-state index in [4.69, 9.17) is 14.0 Å². The summed E-state index contributed by atoms with van der Waals surface area (Å²) in [7, 11) is -2.08. The van der Waals surface area contributed by atoms with Crippen molar-refractivity contribution in [1.29, 1.82) is 0 Å². The van der Waals surface area contributed by atoms with E-state index >= 15 is 0 Å². The van der Waals surface area contributed by atoms with E-state index in [1.165, 1.54) is 41.7 Å². The van der Waals surface area contributed by atoms with E-state index in [1.807, 2.05) is 0 Å². The number of anilines is 1. The van der Waals surface area contributed by atoms with Crippen LogP contribution in [0.15, 0.2) is 47.0 Å². The summed E-state index contributed by atoms with van der Waals surface area (Å²) in [6.45, 7) is -2.99. The summed E-state index contributed by atoms with van der Waals surface area (Å²) in [6.07, 6.45) is 0.518. The van der Waals surface area contributed by atoms with Crippen molar-refractivity contribution in [2.45, 2.75) is 19.6 Å². The van der Waals surface area contributed by atoms with Crippen molar-refractivity contribution < 1.29 is 40.7 Å². The SMILES string of the molecule is COc1cc(-c2noc(COC(=O)c3cccc(N4CCCS4(=O)=O)c3)n2)ccc1OC(F)F. The molecule has 0 spiro atoms. The quantitative estimate of drug-likeness (QED) is 0.434. The monoisotopic (exact) mass is 495 g/mol. The normalized spacial score (nSPS) is 14.9. The van der Waals surface area contributed by atoms with Crippen LogP contribution in [0, 0.1) is 0 Å². The summed E-state index contributed by atoms with van der Waals surface area (Å²) in [5.41, 5.74) is 0.957. The number of nitrogens with zero attached hydrogens (tertiary/aromatic N) is 3. The highest BCUT2D eigenvalue weighted by Crippen LogP contribution is 2.32. The summed E-state index contributed by atoms with van der Waals surface area (Å²) in [6, 6.07) is 10.2. The van der Waals surface area contributed by atoms with E-state index in [9.17, 15) is 22.0 Å². The van der Waals surface area contributed by atoms with Crippen LogP contribution in [0.4, 0.5) is 14.5 Å². The molecule has 1 saturated heterocycles. The number of esters is 1. The Bertz CT molecular complexity index is 1300. The number of ether oxygens (including phenoxy) is 3. The van der Waals surface area contributed by atoms with Gasteiger partial charge in [0.05, 0.1) is 24.1 Å². The number of alkyl halides is 2. The third-order valence-electron chi connectivity index (χ3n) is 4.90. The molecule has 0 bridgehead atoms. The van der Waals surface area contributed by atoms with Gasteiger partial charge in [0.1, 0.15) is 0 Å². The van der Waals surface area contributed by atoms with Crippen LogP contribution >= 0.6 is 0 Å². The van der Waals surface area contributed by atoms with Crippen molar-refractivity contribution in [3.8, 4) is 22.9 Å². The summed E-state index contributed by atoms with van der Waals surface area (Å²) in [4.78, 5) is 16.6. The maximum atomic E-state index is 12.5. The number of carbonyl (C=O) groups is 1. The highest BCUT2D eigenvalue weighted by molar-refractivity contribution is 7.93. The second-order valence-electron chi connectivity index (χ2n) is 7.12. The summed E-state index contributed by atoms with van der Waals surface area (Å²) in [5, 5.41) is 3.79. The molecule has 13 heteroatoms. The molecule has 1 aliphatic rings. The van der Waals surface area contributed by atoms with Gasteiger partial charge in [0, 0.05) is 12.1 Å². The second-order valence-corrected chi connectivity index (χ2v) is 9.14. The van der Waals surface area contributed by atoms with Crippen molar-refractivity contribution in [3.63, 3.8) is 0 Å². The first-order valence-electron chi connectivity index (χ1n) is 10.0. The van der Waals surface area contributed by atoms with Crippen LogP contribution in [0.25, 0.3) is 11.4 Å². The lowest BCUT2D eigenvalue weighted by Gasteiger charge is -2.17. The first-order valence-corrected chi connectivity index (χ1v) is 11.6. The van der Waals surface area contributed by atoms with Crippen molar-refractivity contribution in [1.82, 2.24) is 10.1 Å². The Kier molecular flexibility index (Phi) is 6.63. The van der Waals surface area contributed by atoms with Crippen LogP contribution in [-0.2, 0) is 21.4 Å². The molecule has 1 aromatic heterocycles. The standard InChI is InChI=1S/C21H19F2N3O7S/c1-30-17-11-13(6-7-16(17)32-21(22)23)19-24-18(33-25-19)12-31-20(27)14-4-2-5-15(10-14)26-8-3-9-34(26,28)29/h2,4-7,10-11,21H,3,8-9,12H2,1H3. The number of aromatic nitrogens is 2. The third kappa shape index (κ3) is 5.09. The maximum absolute atomic E-state index is 12.5. The Hall–Kier alpha value is -3.74. The predicted molar refractivity (Wildman–Crippen MR) is 114 cm³/mol. The molecule has 10 nitrogen and oxygen atoms in total. The van der Waals surface area contributed by atoms with E-state index < -0.39 is 22.6 Å². The average Bonchev–Trinajstić information content (AvgIpc) is 3.43. The second kappa shape index (κ2) is 9.63. The van der Waals surface area contributed by atoms with Crippen LogP contribution in [0.2, 0.25) is 0 Å². The molecule has 0 aliphatic carbocycles. The molecule has 0 unspecified atom stereocenters. The minimum Gasteiger partial charge on any atom is -0.493 e. The molecular weight excluding hydrogens is 476 g/mol.